The van der Waals surface area contributed by atoms with Gasteiger partial charge >= 0.3 is 0 Å². The molecule has 1 aromatic carbocycles. The van der Waals surface area contributed by atoms with E-state index in [0.717, 1.165) is 40.9 Å². The van der Waals surface area contributed by atoms with Crippen LogP contribution >= 0.6 is 0 Å². The first-order valence-electron chi connectivity index (χ1n) is 9.92. The maximum atomic E-state index is 13.2. The lowest BCUT2D eigenvalue weighted by Gasteiger charge is -2.28. The molecule has 2 fully saturated rings. The monoisotopic (exact) mass is 376 g/mol. The Bertz CT molecular complexity index is 1030. The van der Waals surface area contributed by atoms with Crippen LogP contribution in [-0.4, -0.2) is 52.2 Å². The SMILES string of the molecule is Cc1c(C(=O)N2CCNCC2)nc(Nc2cc(C3CC3)[nH]n2)c2ccccc12. The standard InChI is InChI=1S/C21H24N6O/c1-13-15-4-2-3-5-16(15)20(23-18-12-17(25-26-18)14-6-7-14)24-19(13)21(28)27-10-8-22-9-11-27/h2-5,12,14,22H,6-11H2,1H3,(H2,23,24,25,26). The third-order valence-electron chi connectivity index (χ3n) is 5.63. The first-order valence-corrected chi connectivity index (χ1v) is 9.92. The second-order valence-corrected chi connectivity index (χ2v) is 7.63. The second kappa shape index (κ2) is 6.91. The number of H-pyrrole nitrogens is 1. The average molecular weight is 376 g/mol. The Kier molecular flexibility index (Phi) is 4.24. The van der Waals surface area contributed by atoms with E-state index in [1.165, 1.54) is 12.8 Å². The number of amides is 1. The molecule has 0 bridgehead atoms. The van der Waals surface area contributed by atoms with Crippen LogP contribution in [0.5, 0.6) is 0 Å². The van der Waals surface area contributed by atoms with Gasteiger partial charge in [0.05, 0.1) is 0 Å². The van der Waals surface area contributed by atoms with Gasteiger partial charge in [-0.1, -0.05) is 24.3 Å². The van der Waals surface area contributed by atoms with Crippen LogP contribution in [0.4, 0.5) is 11.6 Å². The molecular formula is C21H24N6O. The smallest absolute Gasteiger partial charge is 0.272 e. The number of carbonyl (C=O) groups is 1. The van der Waals surface area contributed by atoms with Gasteiger partial charge in [-0.2, -0.15) is 5.10 Å². The van der Waals surface area contributed by atoms with Crippen LogP contribution in [-0.2, 0) is 0 Å². The number of nitrogens with zero attached hydrogens (tertiary/aromatic N) is 3. The largest absolute Gasteiger partial charge is 0.335 e. The van der Waals surface area contributed by atoms with E-state index in [-0.39, 0.29) is 5.91 Å². The van der Waals surface area contributed by atoms with Crippen molar-refractivity contribution in [3.05, 3.63) is 47.3 Å². The Labute approximate surface area is 163 Å². The minimum Gasteiger partial charge on any atom is -0.335 e. The van der Waals surface area contributed by atoms with Crippen molar-refractivity contribution >= 4 is 28.3 Å². The fraction of sp³-hybridized carbons (Fsp3) is 0.381. The highest BCUT2D eigenvalue weighted by atomic mass is 16.2. The number of anilines is 2. The van der Waals surface area contributed by atoms with Crippen LogP contribution in [0.25, 0.3) is 10.8 Å². The molecule has 1 saturated carbocycles. The van der Waals surface area contributed by atoms with Crippen molar-refractivity contribution in [2.24, 2.45) is 0 Å². The van der Waals surface area contributed by atoms with E-state index >= 15 is 0 Å². The molecule has 1 amide bonds. The molecular weight excluding hydrogens is 352 g/mol. The summed E-state index contributed by atoms with van der Waals surface area (Å²) in [6.07, 6.45) is 2.44. The third-order valence-corrected chi connectivity index (χ3v) is 5.63. The number of aromatic nitrogens is 3. The highest BCUT2D eigenvalue weighted by molar-refractivity contribution is 6.03. The second-order valence-electron chi connectivity index (χ2n) is 7.63. The summed E-state index contributed by atoms with van der Waals surface area (Å²) in [4.78, 5) is 19.8. The van der Waals surface area contributed by atoms with Crippen molar-refractivity contribution in [1.82, 2.24) is 25.4 Å². The molecule has 2 aromatic heterocycles. The highest BCUT2D eigenvalue weighted by Crippen LogP contribution is 2.40. The van der Waals surface area contributed by atoms with Gasteiger partial charge in [0.2, 0.25) is 0 Å². The summed E-state index contributed by atoms with van der Waals surface area (Å²) in [5, 5.41) is 16.2. The molecule has 1 saturated heterocycles. The number of rotatable bonds is 4. The van der Waals surface area contributed by atoms with Crippen molar-refractivity contribution in [2.75, 3.05) is 31.5 Å². The molecule has 1 aliphatic heterocycles. The summed E-state index contributed by atoms with van der Waals surface area (Å²) in [5.74, 6) is 2.02. The van der Waals surface area contributed by atoms with Gasteiger partial charge in [-0.25, -0.2) is 4.98 Å². The zero-order valence-electron chi connectivity index (χ0n) is 16.0. The predicted octanol–water partition coefficient (Wildman–Crippen LogP) is 2.93. The summed E-state index contributed by atoms with van der Waals surface area (Å²) < 4.78 is 0. The highest BCUT2D eigenvalue weighted by Gasteiger charge is 2.26. The Morgan fingerprint density at radius 3 is 2.68 bits per heavy atom. The third kappa shape index (κ3) is 3.11. The number of piperazine rings is 1. The molecule has 28 heavy (non-hydrogen) atoms. The molecule has 0 atom stereocenters. The molecule has 5 rings (SSSR count). The Morgan fingerprint density at radius 2 is 1.93 bits per heavy atom. The lowest BCUT2D eigenvalue weighted by Crippen LogP contribution is -2.46. The van der Waals surface area contributed by atoms with Gasteiger partial charge in [0.25, 0.3) is 5.91 Å². The quantitative estimate of drug-likeness (QED) is 0.652. The molecule has 7 nitrogen and oxygen atoms in total. The molecule has 1 aliphatic carbocycles. The van der Waals surface area contributed by atoms with E-state index in [2.05, 4.69) is 20.8 Å². The summed E-state index contributed by atoms with van der Waals surface area (Å²) in [5.41, 5.74) is 2.60. The summed E-state index contributed by atoms with van der Waals surface area (Å²) in [7, 11) is 0. The van der Waals surface area contributed by atoms with Crippen LogP contribution in [0.2, 0.25) is 0 Å². The van der Waals surface area contributed by atoms with Crippen molar-refractivity contribution in [3.8, 4) is 0 Å². The number of nitrogens with one attached hydrogen (secondary N) is 3. The lowest BCUT2D eigenvalue weighted by atomic mass is 10.0. The number of hydrogen-bond acceptors (Lipinski definition) is 5. The van der Waals surface area contributed by atoms with E-state index in [1.807, 2.05) is 42.2 Å². The van der Waals surface area contributed by atoms with Gasteiger partial charge in [-0.3, -0.25) is 9.89 Å². The van der Waals surface area contributed by atoms with Crippen LogP contribution in [0.3, 0.4) is 0 Å². The molecule has 3 N–H and O–H groups in total. The van der Waals surface area contributed by atoms with E-state index in [9.17, 15) is 4.79 Å². The number of benzene rings is 1. The summed E-state index contributed by atoms with van der Waals surface area (Å²) >= 11 is 0. The number of aromatic amines is 1. The van der Waals surface area contributed by atoms with Crippen LogP contribution in [0, 0.1) is 6.92 Å². The predicted molar refractivity (Wildman–Crippen MR) is 109 cm³/mol. The first-order chi connectivity index (χ1) is 13.7. The summed E-state index contributed by atoms with van der Waals surface area (Å²) in [6, 6.07) is 10.1. The van der Waals surface area contributed by atoms with Gasteiger partial charge in [-0.05, 0) is 30.7 Å². The van der Waals surface area contributed by atoms with E-state index in [4.69, 9.17) is 4.98 Å². The number of carbonyl (C=O) groups excluding carboxylic acids is 1. The topological polar surface area (TPSA) is 85.9 Å². The average Bonchev–Trinajstić information content (AvgIpc) is 3.49. The molecule has 0 spiro atoms. The fourth-order valence-electron chi connectivity index (χ4n) is 3.85. The Morgan fingerprint density at radius 1 is 1.18 bits per heavy atom. The molecule has 3 aromatic rings. The van der Waals surface area contributed by atoms with E-state index < -0.39 is 0 Å². The van der Waals surface area contributed by atoms with Gasteiger partial charge in [0.15, 0.2) is 5.82 Å². The molecule has 0 unspecified atom stereocenters. The van der Waals surface area contributed by atoms with Gasteiger partial charge in [0.1, 0.15) is 11.5 Å². The van der Waals surface area contributed by atoms with Crippen LogP contribution in [0.15, 0.2) is 30.3 Å². The lowest BCUT2D eigenvalue weighted by molar-refractivity contribution is 0.0729. The number of aryl methyl sites for hydroxylation is 1. The van der Waals surface area contributed by atoms with Crippen molar-refractivity contribution < 1.29 is 4.79 Å². The molecule has 7 heteroatoms. The normalized spacial score (nSPS) is 17.1. The fourth-order valence-corrected chi connectivity index (χ4v) is 3.85. The number of pyridine rings is 1. The minimum atomic E-state index is -0.00602. The molecule has 144 valence electrons. The number of fused-ring (bicyclic) bond motifs is 1. The maximum absolute atomic E-state index is 13.2. The van der Waals surface area contributed by atoms with Gasteiger partial charge in [0, 0.05) is 49.2 Å². The van der Waals surface area contributed by atoms with Gasteiger partial charge < -0.3 is 15.5 Å². The van der Waals surface area contributed by atoms with Crippen molar-refractivity contribution in [1.29, 1.82) is 0 Å². The van der Waals surface area contributed by atoms with Crippen molar-refractivity contribution in [3.63, 3.8) is 0 Å². The Balaban J connectivity index is 1.54. The van der Waals surface area contributed by atoms with Crippen LogP contribution in [0.1, 0.15) is 40.5 Å². The number of hydrogen-bond donors (Lipinski definition) is 3. The van der Waals surface area contributed by atoms with E-state index in [0.29, 0.717) is 30.5 Å². The first kappa shape index (κ1) is 17.2. The maximum Gasteiger partial charge on any atom is 0.272 e. The zero-order chi connectivity index (χ0) is 19.1. The Hall–Kier alpha value is -2.93. The zero-order valence-corrected chi connectivity index (χ0v) is 16.0. The molecule has 0 radical (unpaired) electrons. The molecule has 3 heterocycles. The molecule has 2 aliphatic rings. The minimum absolute atomic E-state index is 0.00602. The van der Waals surface area contributed by atoms with Crippen LogP contribution < -0.4 is 10.6 Å². The van der Waals surface area contributed by atoms with Crippen molar-refractivity contribution in [2.45, 2.75) is 25.7 Å². The van der Waals surface area contributed by atoms with Gasteiger partial charge in [-0.15, -0.1) is 0 Å². The summed E-state index contributed by atoms with van der Waals surface area (Å²) in [6.45, 7) is 5.04. The van der Waals surface area contributed by atoms with E-state index in [1.54, 1.807) is 0 Å².